The van der Waals surface area contributed by atoms with Gasteiger partial charge in [-0.05, 0) is 31.2 Å². The van der Waals surface area contributed by atoms with Gasteiger partial charge in [0.2, 0.25) is 0 Å². The van der Waals surface area contributed by atoms with Gasteiger partial charge in [-0.1, -0.05) is 12.1 Å². The molecule has 3 N–H and O–H groups in total. The van der Waals surface area contributed by atoms with Crippen molar-refractivity contribution in [1.29, 1.82) is 0 Å². The molecule has 20 heavy (non-hydrogen) atoms. The van der Waals surface area contributed by atoms with Gasteiger partial charge in [-0.3, -0.25) is 4.79 Å². The lowest BCUT2D eigenvalue weighted by atomic mass is 10.1. The van der Waals surface area contributed by atoms with E-state index in [1.54, 1.807) is 25.3 Å². The third-order valence-corrected chi connectivity index (χ3v) is 2.86. The Bertz CT molecular complexity index is 552. The average Bonchev–Trinajstić information content (AvgIpc) is 2.98. The Morgan fingerprint density at radius 3 is 2.80 bits per heavy atom. The monoisotopic (exact) mass is 274 g/mol. The molecule has 0 spiro atoms. The lowest BCUT2D eigenvalue weighted by Crippen LogP contribution is -2.35. The number of aliphatic hydroxyl groups is 1. The van der Waals surface area contributed by atoms with Gasteiger partial charge in [0.15, 0.2) is 0 Å². The summed E-state index contributed by atoms with van der Waals surface area (Å²) in [4.78, 5) is 12.1. The zero-order chi connectivity index (χ0) is 14.4. The molecule has 5 heteroatoms. The van der Waals surface area contributed by atoms with E-state index >= 15 is 0 Å². The molecule has 0 aliphatic carbocycles. The van der Waals surface area contributed by atoms with Crippen LogP contribution in [0, 0.1) is 0 Å². The van der Waals surface area contributed by atoms with E-state index < -0.39 is 0 Å². The third kappa shape index (κ3) is 3.61. The summed E-state index contributed by atoms with van der Waals surface area (Å²) in [6.45, 7) is 2.16. The number of para-hydroxylation sites is 1. The fraction of sp³-hybridized carbons (Fsp3) is 0.267. The second-order valence-corrected chi connectivity index (χ2v) is 4.54. The minimum Gasteiger partial charge on any atom is -0.467 e. The third-order valence-electron chi connectivity index (χ3n) is 2.86. The van der Waals surface area contributed by atoms with Crippen molar-refractivity contribution in [3.05, 3.63) is 54.0 Å². The van der Waals surface area contributed by atoms with Crippen LogP contribution in [0.2, 0.25) is 0 Å². The van der Waals surface area contributed by atoms with Gasteiger partial charge in [0.1, 0.15) is 5.76 Å². The van der Waals surface area contributed by atoms with Gasteiger partial charge in [0, 0.05) is 11.7 Å². The van der Waals surface area contributed by atoms with Crippen molar-refractivity contribution >= 4 is 11.6 Å². The number of furan rings is 1. The molecule has 0 saturated heterocycles. The molecule has 0 bridgehead atoms. The number of hydrogen-bond donors (Lipinski definition) is 3. The van der Waals surface area contributed by atoms with Crippen LogP contribution >= 0.6 is 0 Å². The maximum atomic E-state index is 12.1. The van der Waals surface area contributed by atoms with Gasteiger partial charge in [0.05, 0.1) is 25.0 Å². The molecule has 1 aromatic carbocycles. The highest BCUT2D eigenvalue weighted by molar-refractivity contribution is 5.99. The topological polar surface area (TPSA) is 74.5 Å². The highest BCUT2D eigenvalue weighted by Gasteiger charge is 2.13. The van der Waals surface area contributed by atoms with Crippen LogP contribution in [0.15, 0.2) is 47.1 Å². The van der Waals surface area contributed by atoms with E-state index in [0.717, 1.165) is 11.4 Å². The first-order chi connectivity index (χ1) is 9.70. The predicted molar refractivity (Wildman–Crippen MR) is 76.5 cm³/mol. The molecule has 1 heterocycles. The Kier molecular flexibility index (Phi) is 4.79. The van der Waals surface area contributed by atoms with Gasteiger partial charge in [0.25, 0.3) is 5.91 Å². The molecule has 2 aromatic rings. The molecule has 0 radical (unpaired) electrons. The number of aliphatic hydroxyl groups excluding tert-OH is 1. The van der Waals surface area contributed by atoms with E-state index in [1.807, 2.05) is 24.3 Å². The van der Waals surface area contributed by atoms with E-state index in [9.17, 15) is 4.79 Å². The number of hydrogen-bond acceptors (Lipinski definition) is 4. The predicted octanol–water partition coefficient (Wildman–Crippen LogP) is 2.00. The summed E-state index contributed by atoms with van der Waals surface area (Å²) in [7, 11) is 0. The van der Waals surface area contributed by atoms with E-state index in [-0.39, 0.29) is 18.6 Å². The van der Waals surface area contributed by atoms with E-state index in [2.05, 4.69) is 10.6 Å². The largest absolute Gasteiger partial charge is 0.467 e. The summed E-state index contributed by atoms with van der Waals surface area (Å²) >= 11 is 0. The SMILES string of the molecule is C[C@@H](CO)NC(=O)c1ccccc1NCc1ccco1. The molecule has 1 atom stereocenters. The summed E-state index contributed by atoms with van der Waals surface area (Å²) in [5.74, 6) is 0.582. The van der Waals surface area contributed by atoms with Crippen LogP contribution in [0.4, 0.5) is 5.69 Å². The number of anilines is 1. The van der Waals surface area contributed by atoms with Crippen LogP contribution in [0.5, 0.6) is 0 Å². The van der Waals surface area contributed by atoms with Crippen LogP contribution < -0.4 is 10.6 Å². The second-order valence-electron chi connectivity index (χ2n) is 4.54. The fourth-order valence-electron chi connectivity index (χ4n) is 1.78. The summed E-state index contributed by atoms with van der Waals surface area (Å²) < 4.78 is 5.24. The number of carbonyl (C=O) groups is 1. The molecule has 5 nitrogen and oxygen atoms in total. The molecule has 2 rings (SSSR count). The van der Waals surface area contributed by atoms with E-state index in [1.165, 1.54) is 0 Å². The number of nitrogens with one attached hydrogen (secondary N) is 2. The molecule has 0 saturated carbocycles. The van der Waals surface area contributed by atoms with Crippen molar-refractivity contribution in [2.75, 3.05) is 11.9 Å². The number of amides is 1. The fourth-order valence-corrected chi connectivity index (χ4v) is 1.78. The van der Waals surface area contributed by atoms with Crippen molar-refractivity contribution in [2.45, 2.75) is 19.5 Å². The first kappa shape index (κ1) is 14.1. The normalized spacial score (nSPS) is 11.9. The van der Waals surface area contributed by atoms with Gasteiger partial charge < -0.3 is 20.2 Å². The second kappa shape index (κ2) is 6.77. The number of carbonyl (C=O) groups excluding carboxylic acids is 1. The maximum absolute atomic E-state index is 12.1. The first-order valence-electron chi connectivity index (χ1n) is 6.47. The van der Waals surface area contributed by atoms with Gasteiger partial charge in [-0.15, -0.1) is 0 Å². The van der Waals surface area contributed by atoms with Crippen molar-refractivity contribution in [1.82, 2.24) is 5.32 Å². The molecule has 0 aliphatic rings. The maximum Gasteiger partial charge on any atom is 0.253 e. The summed E-state index contributed by atoms with van der Waals surface area (Å²) in [5.41, 5.74) is 1.27. The molecule has 1 aromatic heterocycles. The molecule has 0 fully saturated rings. The Morgan fingerprint density at radius 2 is 2.10 bits per heavy atom. The van der Waals surface area contributed by atoms with Crippen LogP contribution in [-0.2, 0) is 6.54 Å². The first-order valence-corrected chi connectivity index (χ1v) is 6.47. The average molecular weight is 274 g/mol. The van der Waals surface area contributed by atoms with E-state index in [4.69, 9.17) is 9.52 Å². The van der Waals surface area contributed by atoms with Crippen molar-refractivity contribution in [2.24, 2.45) is 0 Å². The van der Waals surface area contributed by atoms with Crippen molar-refractivity contribution in [3.8, 4) is 0 Å². The van der Waals surface area contributed by atoms with Gasteiger partial charge >= 0.3 is 0 Å². The van der Waals surface area contributed by atoms with Crippen LogP contribution in [0.3, 0.4) is 0 Å². The van der Waals surface area contributed by atoms with Crippen molar-refractivity contribution < 1.29 is 14.3 Å². The van der Waals surface area contributed by atoms with Gasteiger partial charge in [-0.25, -0.2) is 0 Å². The van der Waals surface area contributed by atoms with Crippen LogP contribution in [0.25, 0.3) is 0 Å². The number of benzene rings is 1. The Balaban J connectivity index is 2.07. The molecular weight excluding hydrogens is 256 g/mol. The molecule has 0 unspecified atom stereocenters. The lowest BCUT2D eigenvalue weighted by molar-refractivity contribution is 0.0923. The Labute approximate surface area is 117 Å². The summed E-state index contributed by atoms with van der Waals surface area (Å²) in [5, 5.41) is 14.9. The smallest absolute Gasteiger partial charge is 0.253 e. The quantitative estimate of drug-likeness (QED) is 0.753. The molecule has 1 amide bonds. The summed E-state index contributed by atoms with van der Waals surface area (Å²) in [6.07, 6.45) is 1.61. The molecular formula is C15H18N2O3. The Morgan fingerprint density at radius 1 is 1.30 bits per heavy atom. The molecule has 0 aliphatic heterocycles. The summed E-state index contributed by atoms with van der Waals surface area (Å²) in [6, 6.07) is 10.6. The standard InChI is InChI=1S/C15H18N2O3/c1-11(10-18)17-15(19)13-6-2-3-7-14(13)16-9-12-5-4-8-20-12/h2-8,11,16,18H,9-10H2,1H3,(H,17,19)/t11-/m0/s1. The molecule has 106 valence electrons. The van der Waals surface area contributed by atoms with Crippen LogP contribution in [-0.4, -0.2) is 23.7 Å². The van der Waals surface area contributed by atoms with Gasteiger partial charge in [-0.2, -0.15) is 0 Å². The zero-order valence-corrected chi connectivity index (χ0v) is 11.3. The van der Waals surface area contributed by atoms with Crippen molar-refractivity contribution in [3.63, 3.8) is 0 Å². The minimum absolute atomic E-state index is 0.0896. The highest BCUT2D eigenvalue weighted by atomic mass is 16.3. The van der Waals surface area contributed by atoms with Crippen LogP contribution in [0.1, 0.15) is 23.0 Å². The highest BCUT2D eigenvalue weighted by Crippen LogP contribution is 2.16. The number of rotatable bonds is 6. The Hall–Kier alpha value is -2.27. The lowest BCUT2D eigenvalue weighted by Gasteiger charge is -2.14. The minimum atomic E-state index is -0.277. The van der Waals surface area contributed by atoms with E-state index in [0.29, 0.717) is 12.1 Å². The zero-order valence-electron chi connectivity index (χ0n) is 11.3.